The minimum absolute atomic E-state index is 0.297. The summed E-state index contributed by atoms with van der Waals surface area (Å²) in [5, 5.41) is 6.59. The molecule has 134 valence electrons. The van der Waals surface area contributed by atoms with E-state index in [-0.39, 0.29) is 5.91 Å². The van der Waals surface area contributed by atoms with Crippen LogP contribution in [0.4, 0.5) is 5.82 Å². The Morgan fingerprint density at radius 2 is 1.62 bits per heavy atom. The highest BCUT2D eigenvalue weighted by atomic mass is 16.5. The van der Waals surface area contributed by atoms with Crippen molar-refractivity contribution in [3.8, 4) is 28.6 Å². The fourth-order valence-corrected chi connectivity index (χ4v) is 2.39. The number of carbonyl (C=O) groups excluding carboxylic acids is 1. The summed E-state index contributed by atoms with van der Waals surface area (Å²) >= 11 is 0. The molecule has 0 aliphatic heterocycles. The summed E-state index contributed by atoms with van der Waals surface area (Å²) in [4.78, 5) is 12.3. The van der Waals surface area contributed by atoms with Crippen LogP contribution >= 0.6 is 0 Å². The number of hydrogen-bond donors (Lipinski definition) is 1. The number of nitrogens with one attached hydrogen (secondary N) is 1. The molecule has 1 aromatic heterocycles. The zero-order valence-corrected chi connectivity index (χ0v) is 14.6. The van der Waals surface area contributed by atoms with Crippen molar-refractivity contribution in [1.29, 1.82) is 0 Å². The van der Waals surface area contributed by atoms with Crippen molar-refractivity contribution in [3.05, 3.63) is 54.1 Å². The summed E-state index contributed by atoms with van der Waals surface area (Å²) in [6, 6.07) is 13.7. The first-order valence-corrected chi connectivity index (χ1v) is 7.79. The fraction of sp³-hybridized carbons (Fsp3) is 0.158. The minimum Gasteiger partial charge on any atom is -0.497 e. The van der Waals surface area contributed by atoms with Crippen LogP contribution in [0.15, 0.2) is 53.1 Å². The summed E-state index contributed by atoms with van der Waals surface area (Å²) in [6.07, 6.45) is 0. The van der Waals surface area contributed by atoms with Crippen LogP contribution in [0.2, 0.25) is 0 Å². The highest BCUT2D eigenvalue weighted by Gasteiger charge is 2.15. The molecule has 1 heterocycles. The van der Waals surface area contributed by atoms with Gasteiger partial charge >= 0.3 is 0 Å². The van der Waals surface area contributed by atoms with Gasteiger partial charge in [-0.2, -0.15) is 0 Å². The predicted molar refractivity (Wildman–Crippen MR) is 96.0 cm³/mol. The Hall–Kier alpha value is -3.48. The highest BCUT2D eigenvalue weighted by molar-refractivity contribution is 6.04. The van der Waals surface area contributed by atoms with E-state index in [1.54, 1.807) is 69.9 Å². The van der Waals surface area contributed by atoms with Gasteiger partial charge in [0.15, 0.2) is 11.6 Å². The smallest absolute Gasteiger partial charge is 0.256 e. The second-order valence-corrected chi connectivity index (χ2v) is 5.33. The second-order valence-electron chi connectivity index (χ2n) is 5.33. The standard InChI is InChI=1S/C19H18N2O5/c1-23-13-6-4-12(5-7-13)19(22)20-18-11-17(26-21-18)15-9-8-14(24-2)10-16(15)25-3/h4-11H,1-3H3,(H,20,21,22). The van der Waals surface area contributed by atoms with Gasteiger partial charge in [0.25, 0.3) is 5.91 Å². The highest BCUT2D eigenvalue weighted by Crippen LogP contribution is 2.34. The van der Waals surface area contributed by atoms with Crippen molar-refractivity contribution in [2.45, 2.75) is 0 Å². The van der Waals surface area contributed by atoms with Crippen molar-refractivity contribution in [2.24, 2.45) is 0 Å². The van der Waals surface area contributed by atoms with Gasteiger partial charge in [-0.25, -0.2) is 0 Å². The molecule has 0 aliphatic carbocycles. The minimum atomic E-state index is -0.297. The molecular formula is C19H18N2O5. The molecule has 0 unspecified atom stereocenters. The van der Waals surface area contributed by atoms with Crippen LogP contribution in [-0.4, -0.2) is 32.4 Å². The molecular weight excluding hydrogens is 336 g/mol. The van der Waals surface area contributed by atoms with Gasteiger partial charge in [-0.15, -0.1) is 0 Å². The average Bonchev–Trinajstić information content (AvgIpc) is 3.15. The molecule has 0 radical (unpaired) electrons. The van der Waals surface area contributed by atoms with Crippen molar-refractivity contribution in [2.75, 3.05) is 26.6 Å². The summed E-state index contributed by atoms with van der Waals surface area (Å²) in [5.41, 5.74) is 1.18. The van der Waals surface area contributed by atoms with Gasteiger partial charge in [0.05, 0.1) is 26.9 Å². The summed E-state index contributed by atoms with van der Waals surface area (Å²) in [6.45, 7) is 0. The number of rotatable bonds is 6. The monoisotopic (exact) mass is 354 g/mol. The first-order chi connectivity index (χ1) is 12.6. The predicted octanol–water partition coefficient (Wildman–Crippen LogP) is 3.62. The lowest BCUT2D eigenvalue weighted by Crippen LogP contribution is -2.11. The van der Waals surface area contributed by atoms with Crippen molar-refractivity contribution < 1.29 is 23.5 Å². The van der Waals surface area contributed by atoms with Crippen LogP contribution in [0.5, 0.6) is 17.2 Å². The molecule has 0 saturated heterocycles. The number of benzene rings is 2. The molecule has 3 rings (SSSR count). The molecule has 7 nitrogen and oxygen atoms in total. The molecule has 0 atom stereocenters. The van der Waals surface area contributed by atoms with Gasteiger partial charge in [-0.3, -0.25) is 4.79 Å². The van der Waals surface area contributed by atoms with Gasteiger partial charge in [0, 0.05) is 17.7 Å². The van der Waals surface area contributed by atoms with Crippen LogP contribution < -0.4 is 19.5 Å². The lowest BCUT2D eigenvalue weighted by molar-refractivity contribution is 0.102. The Balaban J connectivity index is 1.78. The van der Waals surface area contributed by atoms with E-state index in [0.29, 0.717) is 40.0 Å². The number of amides is 1. The number of anilines is 1. The van der Waals surface area contributed by atoms with E-state index in [1.807, 2.05) is 0 Å². The normalized spacial score (nSPS) is 10.3. The van der Waals surface area contributed by atoms with Crippen molar-refractivity contribution >= 4 is 11.7 Å². The zero-order valence-electron chi connectivity index (χ0n) is 14.6. The van der Waals surface area contributed by atoms with Crippen LogP contribution in [0, 0.1) is 0 Å². The number of methoxy groups -OCH3 is 3. The second kappa shape index (κ2) is 7.60. The summed E-state index contributed by atoms with van der Waals surface area (Å²) in [5.74, 6) is 2.39. The van der Waals surface area contributed by atoms with Crippen molar-refractivity contribution in [3.63, 3.8) is 0 Å². The van der Waals surface area contributed by atoms with Crippen LogP contribution in [-0.2, 0) is 0 Å². The van der Waals surface area contributed by atoms with E-state index in [0.717, 1.165) is 0 Å². The van der Waals surface area contributed by atoms with E-state index in [1.165, 1.54) is 0 Å². The maximum Gasteiger partial charge on any atom is 0.256 e. The summed E-state index contributed by atoms with van der Waals surface area (Å²) < 4.78 is 20.9. The number of hydrogen-bond acceptors (Lipinski definition) is 6. The Bertz CT molecular complexity index is 903. The number of carbonyl (C=O) groups is 1. The third-order valence-corrected chi connectivity index (χ3v) is 3.78. The summed E-state index contributed by atoms with van der Waals surface area (Å²) in [7, 11) is 4.70. The van der Waals surface area contributed by atoms with E-state index in [9.17, 15) is 4.79 Å². The molecule has 7 heteroatoms. The molecule has 0 aliphatic rings. The van der Waals surface area contributed by atoms with Gasteiger partial charge in [0.1, 0.15) is 17.2 Å². The fourth-order valence-electron chi connectivity index (χ4n) is 2.39. The SMILES string of the molecule is COc1ccc(C(=O)Nc2cc(-c3ccc(OC)cc3OC)on2)cc1. The van der Waals surface area contributed by atoms with Gasteiger partial charge in [-0.1, -0.05) is 5.16 Å². The lowest BCUT2D eigenvalue weighted by atomic mass is 10.1. The Labute approximate surface area is 150 Å². The molecule has 26 heavy (non-hydrogen) atoms. The quantitative estimate of drug-likeness (QED) is 0.728. The molecule has 0 spiro atoms. The van der Waals surface area contributed by atoms with Gasteiger partial charge in [0.2, 0.25) is 0 Å². The van der Waals surface area contributed by atoms with E-state index < -0.39 is 0 Å². The number of aromatic nitrogens is 1. The van der Waals surface area contributed by atoms with E-state index >= 15 is 0 Å². The molecule has 0 fully saturated rings. The Morgan fingerprint density at radius 1 is 0.923 bits per heavy atom. The van der Waals surface area contributed by atoms with Crippen LogP contribution in [0.25, 0.3) is 11.3 Å². The zero-order chi connectivity index (χ0) is 18.5. The van der Waals surface area contributed by atoms with E-state index in [2.05, 4.69) is 10.5 Å². The lowest BCUT2D eigenvalue weighted by Gasteiger charge is -2.07. The first-order valence-electron chi connectivity index (χ1n) is 7.79. The Kier molecular flexibility index (Phi) is 5.07. The maximum atomic E-state index is 12.3. The maximum absolute atomic E-state index is 12.3. The Morgan fingerprint density at radius 3 is 2.27 bits per heavy atom. The largest absolute Gasteiger partial charge is 0.497 e. The van der Waals surface area contributed by atoms with Gasteiger partial charge in [-0.05, 0) is 36.4 Å². The van der Waals surface area contributed by atoms with Crippen LogP contribution in [0.3, 0.4) is 0 Å². The third kappa shape index (κ3) is 3.61. The number of ether oxygens (including phenoxy) is 3. The topological polar surface area (TPSA) is 82.8 Å². The number of nitrogens with zero attached hydrogens (tertiary/aromatic N) is 1. The third-order valence-electron chi connectivity index (χ3n) is 3.78. The van der Waals surface area contributed by atoms with Crippen molar-refractivity contribution in [1.82, 2.24) is 5.16 Å². The molecule has 0 saturated carbocycles. The molecule has 0 bridgehead atoms. The van der Waals surface area contributed by atoms with Crippen LogP contribution in [0.1, 0.15) is 10.4 Å². The molecule has 3 aromatic rings. The molecule has 1 amide bonds. The first kappa shape index (κ1) is 17.3. The van der Waals surface area contributed by atoms with E-state index in [4.69, 9.17) is 18.7 Å². The van der Waals surface area contributed by atoms with Gasteiger partial charge < -0.3 is 24.1 Å². The molecule has 1 N–H and O–H groups in total. The average molecular weight is 354 g/mol. The molecule has 2 aromatic carbocycles.